The molecular formula is C19H23N3O4S. The lowest BCUT2D eigenvalue weighted by Gasteiger charge is -2.11. The zero-order valence-electron chi connectivity index (χ0n) is 15.4. The van der Waals surface area contributed by atoms with E-state index in [2.05, 4.69) is 12.2 Å². The molecule has 0 spiro atoms. The minimum atomic E-state index is -3.98. The van der Waals surface area contributed by atoms with Crippen molar-refractivity contribution >= 4 is 27.5 Å². The summed E-state index contributed by atoms with van der Waals surface area (Å²) in [6, 6.07) is 13.2. The monoisotopic (exact) mass is 389 g/mol. The summed E-state index contributed by atoms with van der Waals surface area (Å²) in [5.41, 5.74) is 4.38. The van der Waals surface area contributed by atoms with E-state index in [0.29, 0.717) is 11.6 Å². The standard InChI is InChI=1S/C19H23N3O4S/c1-4-14(3)15-7-11-17(12-8-15)27(25,26)22-21-19(24)18(23)20-16-9-5-13(2)6-10-16/h5-12,14,22H,4H2,1-3H3,(H,20,23)(H,21,24)/t14-/m1/s1. The summed E-state index contributed by atoms with van der Waals surface area (Å²) >= 11 is 0. The molecule has 0 saturated carbocycles. The Bertz CT molecular complexity index is 907. The molecule has 0 radical (unpaired) electrons. The number of hydrogen-bond acceptors (Lipinski definition) is 4. The smallest absolute Gasteiger partial charge is 0.318 e. The average molecular weight is 389 g/mol. The summed E-state index contributed by atoms with van der Waals surface area (Å²) in [5.74, 6) is -1.77. The fourth-order valence-corrected chi connectivity index (χ4v) is 3.10. The number of carbonyl (C=O) groups is 2. The van der Waals surface area contributed by atoms with Crippen molar-refractivity contribution in [1.82, 2.24) is 10.3 Å². The summed E-state index contributed by atoms with van der Waals surface area (Å²) in [4.78, 5) is 25.6. The Labute approximate surface area is 159 Å². The van der Waals surface area contributed by atoms with E-state index in [1.165, 1.54) is 12.1 Å². The van der Waals surface area contributed by atoms with Crippen molar-refractivity contribution in [3.05, 3.63) is 59.7 Å². The SMILES string of the molecule is CC[C@@H](C)c1ccc(S(=O)(=O)NNC(=O)C(=O)Nc2ccc(C)cc2)cc1. The Morgan fingerprint density at radius 2 is 1.56 bits per heavy atom. The van der Waals surface area contributed by atoms with Gasteiger partial charge >= 0.3 is 11.8 Å². The molecule has 2 amide bonds. The summed E-state index contributed by atoms with van der Waals surface area (Å²) in [6.45, 7) is 5.99. The molecule has 0 fully saturated rings. The summed E-state index contributed by atoms with van der Waals surface area (Å²) in [5, 5.41) is 2.39. The van der Waals surface area contributed by atoms with Gasteiger partial charge in [0.2, 0.25) is 0 Å². The first-order valence-electron chi connectivity index (χ1n) is 8.52. The predicted octanol–water partition coefficient (Wildman–Crippen LogP) is 2.46. The van der Waals surface area contributed by atoms with Crippen LogP contribution in [-0.4, -0.2) is 20.2 Å². The number of aryl methyl sites for hydroxylation is 1. The van der Waals surface area contributed by atoms with Gasteiger partial charge in [-0.05, 0) is 49.1 Å². The highest BCUT2D eigenvalue weighted by Crippen LogP contribution is 2.20. The first-order chi connectivity index (χ1) is 12.7. The zero-order valence-corrected chi connectivity index (χ0v) is 16.3. The van der Waals surface area contributed by atoms with Gasteiger partial charge in [-0.2, -0.15) is 0 Å². The van der Waals surface area contributed by atoms with Crippen LogP contribution in [0.1, 0.15) is 37.3 Å². The van der Waals surface area contributed by atoms with Crippen molar-refractivity contribution in [2.75, 3.05) is 5.32 Å². The predicted molar refractivity (Wildman–Crippen MR) is 103 cm³/mol. The van der Waals surface area contributed by atoms with Gasteiger partial charge in [-0.25, -0.2) is 8.42 Å². The number of anilines is 1. The van der Waals surface area contributed by atoms with Crippen LogP contribution in [0.3, 0.4) is 0 Å². The zero-order chi connectivity index (χ0) is 20.0. The highest BCUT2D eigenvalue weighted by Gasteiger charge is 2.19. The molecule has 27 heavy (non-hydrogen) atoms. The Kier molecular flexibility index (Phi) is 6.70. The molecule has 0 bridgehead atoms. The average Bonchev–Trinajstić information content (AvgIpc) is 2.67. The maximum absolute atomic E-state index is 12.2. The van der Waals surface area contributed by atoms with Crippen LogP contribution >= 0.6 is 0 Å². The second kappa shape index (κ2) is 8.79. The van der Waals surface area contributed by atoms with Gasteiger partial charge < -0.3 is 5.32 Å². The van der Waals surface area contributed by atoms with E-state index in [9.17, 15) is 18.0 Å². The molecule has 0 aliphatic carbocycles. The van der Waals surface area contributed by atoms with Crippen LogP contribution in [0.15, 0.2) is 53.4 Å². The van der Waals surface area contributed by atoms with Gasteiger partial charge in [0, 0.05) is 5.69 Å². The van der Waals surface area contributed by atoms with Crippen molar-refractivity contribution in [3.63, 3.8) is 0 Å². The molecular weight excluding hydrogens is 366 g/mol. The molecule has 2 aromatic rings. The van der Waals surface area contributed by atoms with Gasteiger partial charge in [-0.3, -0.25) is 15.0 Å². The number of benzene rings is 2. The number of sulfonamides is 1. The number of amides is 2. The second-order valence-corrected chi connectivity index (χ2v) is 7.94. The fourth-order valence-electron chi connectivity index (χ4n) is 2.27. The maximum Gasteiger partial charge on any atom is 0.324 e. The quantitative estimate of drug-likeness (QED) is 0.521. The van der Waals surface area contributed by atoms with Gasteiger partial charge in [0.05, 0.1) is 4.90 Å². The van der Waals surface area contributed by atoms with E-state index >= 15 is 0 Å². The highest BCUT2D eigenvalue weighted by molar-refractivity contribution is 7.89. The fraction of sp³-hybridized carbons (Fsp3) is 0.263. The van der Waals surface area contributed by atoms with Crippen LogP contribution in [0, 0.1) is 6.92 Å². The molecule has 0 unspecified atom stereocenters. The van der Waals surface area contributed by atoms with E-state index in [4.69, 9.17) is 0 Å². The van der Waals surface area contributed by atoms with E-state index in [1.54, 1.807) is 36.4 Å². The van der Waals surface area contributed by atoms with Gasteiger partial charge in [0.25, 0.3) is 10.0 Å². The molecule has 0 aromatic heterocycles. The molecule has 1 atom stereocenters. The lowest BCUT2D eigenvalue weighted by atomic mass is 9.99. The third-order valence-electron chi connectivity index (χ3n) is 4.19. The van der Waals surface area contributed by atoms with Gasteiger partial charge in [-0.15, -0.1) is 4.83 Å². The molecule has 0 heterocycles. The second-order valence-electron chi connectivity index (χ2n) is 6.26. The molecule has 0 aliphatic heterocycles. The molecule has 3 N–H and O–H groups in total. The van der Waals surface area contributed by atoms with Crippen LogP contribution in [-0.2, 0) is 19.6 Å². The first kappa shape index (κ1) is 20.6. The molecule has 144 valence electrons. The normalized spacial score (nSPS) is 12.3. The number of carbonyl (C=O) groups excluding carboxylic acids is 2. The first-order valence-corrected chi connectivity index (χ1v) is 10.0. The Hall–Kier alpha value is -2.71. The van der Waals surface area contributed by atoms with Crippen molar-refractivity contribution in [3.8, 4) is 0 Å². The third kappa shape index (κ3) is 5.63. The van der Waals surface area contributed by atoms with Crippen molar-refractivity contribution < 1.29 is 18.0 Å². The number of hydrazine groups is 1. The van der Waals surface area contributed by atoms with E-state index in [-0.39, 0.29) is 4.90 Å². The van der Waals surface area contributed by atoms with E-state index < -0.39 is 21.8 Å². The highest BCUT2D eigenvalue weighted by atomic mass is 32.2. The van der Waals surface area contributed by atoms with Crippen LogP contribution in [0.4, 0.5) is 5.69 Å². The molecule has 2 aromatic carbocycles. The summed E-state index contributed by atoms with van der Waals surface area (Å²) in [6.07, 6.45) is 0.941. The molecule has 7 nitrogen and oxygen atoms in total. The molecule has 0 aliphatic rings. The minimum Gasteiger partial charge on any atom is -0.318 e. The Morgan fingerprint density at radius 3 is 2.11 bits per heavy atom. The maximum atomic E-state index is 12.2. The largest absolute Gasteiger partial charge is 0.324 e. The van der Waals surface area contributed by atoms with Crippen LogP contribution in [0.5, 0.6) is 0 Å². The van der Waals surface area contributed by atoms with Gasteiger partial charge in [-0.1, -0.05) is 43.7 Å². The summed E-state index contributed by atoms with van der Waals surface area (Å²) < 4.78 is 24.5. The van der Waals surface area contributed by atoms with E-state index in [1.807, 2.05) is 24.1 Å². The lowest BCUT2D eigenvalue weighted by Crippen LogP contribution is -2.46. The van der Waals surface area contributed by atoms with Gasteiger partial charge in [0.1, 0.15) is 0 Å². The van der Waals surface area contributed by atoms with Crippen molar-refractivity contribution in [1.29, 1.82) is 0 Å². The van der Waals surface area contributed by atoms with Crippen LogP contribution < -0.4 is 15.6 Å². The Morgan fingerprint density at radius 1 is 0.963 bits per heavy atom. The lowest BCUT2D eigenvalue weighted by molar-refractivity contribution is -0.136. The third-order valence-corrected chi connectivity index (χ3v) is 5.45. The van der Waals surface area contributed by atoms with Crippen molar-refractivity contribution in [2.24, 2.45) is 0 Å². The number of rotatable bonds is 6. The number of hydrogen-bond donors (Lipinski definition) is 3. The topological polar surface area (TPSA) is 104 Å². The molecule has 2 rings (SSSR count). The number of nitrogens with one attached hydrogen (secondary N) is 3. The summed E-state index contributed by atoms with van der Waals surface area (Å²) in [7, 11) is -3.98. The molecule has 0 saturated heterocycles. The van der Waals surface area contributed by atoms with Crippen LogP contribution in [0.25, 0.3) is 0 Å². The van der Waals surface area contributed by atoms with Crippen molar-refractivity contribution in [2.45, 2.75) is 38.0 Å². The minimum absolute atomic E-state index is 0.00574. The van der Waals surface area contributed by atoms with Gasteiger partial charge in [0.15, 0.2) is 0 Å². The van der Waals surface area contributed by atoms with E-state index in [0.717, 1.165) is 17.5 Å². The molecule has 8 heteroatoms. The Balaban J connectivity index is 1.96. The van der Waals surface area contributed by atoms with Crippen LogP contribution in [0.2, 0.25) is 0 Å².